The first kappa shape index (κ1) is 19.2. The number of aromatic hydroxyl groups is 1. The fraction of sp³-hybridized carbons (Fsp3) is 0.143. The van der Waals surface area contributed by atoms with E-state index >= 15 is 0 Å². The van der Waals surface area contributed by atoms with Gasteiger partial charge in [0.15, 0.2) is 11.8 Å². The number of carboxylic acids is 1. The molecule has 0 radical (unpaired) electrons. The first-order valence-corrected chi connectivity index (χ1v) is 8.56. The molecule has 1 unspecified atom stereocenters. The Kier molecular flexibility index (Phi) is 6.08. The molecule has 1 atom stereocenters. The Morgan fingerprint density at radius 2 is 1.75 bits per heavy atom. The highest BCUT2D eigenvalue weighted by atomic mass is 16.5. The molecule has 3 N–H and O–H groups in total. The van der Waals surface area contributed by atoms with E-state index in [4.69, 9.17) is 9.15 Å². The van der Waals surface area contributed by atoms with Crippen LogP contribution in [0.4, 0.5) is 0 Å². The summed E-state index contributed by atoms with van der Waals surface area (Å²) in [5.41, 5.74) is 2.29. The lowest BCUT2D eigenvalue weighted by Gasteiger charge is -2.14. The third-order valence-corrected chi connectivity index (χ3v) is 4.02. The Balaban J connectivity index is 1.59. The molecule has 0 bridgehead atoms. The van der Waals surface area contributed by atoms with E-state index in [1.54, 1.807) is 12.1 Å². The van der Waals surface area contributed by atoms with Gasteiger partial charge >= 0.3 is 5.97 Å². The summed E-state index contributed by atoms with van der Waals surface area (Å²) in [7, 11) is 0. The SMILES string of the molecule is O=C(NC(COCc1ccccc1)C(=O)O)c1cc(-c2ccc(O)cc2)co1. The van der Waals surface area contributed by atoms with E-state index in [1.807, 2.05) is 30.3 Å². The zero-order chi connectivity index (χ0) is 19.9. The topological polar surface area (TPSA) is 109 Å². The lowest BCUT2D eigenvalue weighted by Crippen LogP contribution is -2.43. The fourth-order valence-electron chi connectivity index (χ4n) is 2.53. The van der Waals surface area contributed by atoms with Gasteiger partial charge in [0.05, 0.1) is 19.5 Å². The van der Waals surface area contributed by atoms with Crippen LogP contribution < -0.4 is 5.32 Å². The molecule has 0 saturated heterocycles. The fourth-order valence-corrected chi connectivity index (χ4v) is 2.53. The number of phenolic OH excluding ortho intramolecular Hbond substituents is 1. The Labute approximate surface area is 161 Å². The Bertz CT molecular complexity index is 933. The smallest absolute Gasteiger partial charge is 0.328 e. The number of hydrogen-bond acceptors (Lipinski definition) is 5. The average Bonchev–Trinajstić information content (AvgIpc) is 3.19. The van der Waals surface area contributed by atoms with Crippen molar-refractivity contribution in [2.24, 2.45) is 0 Å². The van der Waals surface area contributed by atoms with E-state index in [2.05, 4.69) is 5.32 Å². The molecule has 144 valence electrons. The maximum Gasteiger partial charge on any atom is 0.328 e. The highest BCUT2D eigenvalue weighted by Crippen LogP contribution is 2.24. The van der Waals surface area contributed by atoms with Crippen LogP contribution in [0.1, 0.15) is 16.1 Å². The maximum absolute atomic E-state index is 12.3. The number of carbonyl (C=O) groups is 2. The maximum atomic E-state index is 12.3. The molecule has 0 aliphatic heterocycles. The minimum absolute atomic E-state index is 0.0163. The van der Waals surface area contributed by atoms with Crippen molar-refractivity contribution >= 4 is 11.9 Å². The minimum Gasteiger partial charge on any atom is -0.508 e. The van der Waals surface area contributed by atoms with Crippen LogP contribution in [-0.4, -0.2) is 34.7 Å². The molecule has 1 aromatic heterocycles. The molecule has 0 fully saturated rings. The van der Waals surface area contributed by atoms with Crippen molar-refractivity contribution < 1.29 is 29.0 Å². The van der Waals surface area contributed by atoms with Crippen LogP contribution in [0.5, 0.6) is 5.75 Å². The van der Waals surface area contributed by atoms with Crippen LogP contribution in [0.3, 0.4) is 0 Å². The van der Waals surface area contributed by atoms with Crippen LogP contribution in [0.2, 0.25) is 0 Å². The molecule has 3 aromatic rings. The molecular formula is C21H19NO6. The van der Waals surface area contributed by atoms with Crippen LogP contribution >= 0.6 is 0 Å². The van der Waals surface area contributed by atoms with Gasteiger partial charge in [-0.05, 0) is 29.3 Å². The minimum atomic E-state index is -1.21. The quantitative estimate of drug-likeness (QED) is 0.553. The molecule has 0 spiro atoms. The van der Waals surface area contributed by atoms with Gasteiger partial charge in [0.2, 0.25) is 0 Å². The number of ether oxygens (including phenoxy) is 1. The number of carbonyl (C=O) groups excluding carboxylic acids is 1. The molecule has 1 amide bonds. The molecule has 3 rings (SSSR count). The molecule has 0 aliphatic rings. The number of rotatable bonds is 8. The van der Waals surface area contributed by atoms with Gasteiger partial charge in [-0.2, -0.15) is 0 Å². The number of amides is 1. The second-order valence-corrected chi connectivity index (χ2v) is 6.11. The third kappa shape index (κ3) is 4.99. The number of aliphatic carboxylic acids is 1. The second kappa shape index (κ2) is 8.88. The van der Waals surface area contributed by atoms with Crippen molar-refractivity contribution in [3.05, 3.63) is 78.3 Å². The lowest BCUT2D eigenvalue weighted by atomic mass is 10.1. The number of hydrogen-bond donors (Lipinski definition) is 3. The Morgan fingerprint density at radius 3 is 2.43 bits per heavy atom. The van der Waals surface area contributed by atoms with Gasteiger partial charge in [0.1, 0.15) is 5.75 Å². The Hall–Kier alpha value is -3.58. The summed E-state index contributed by atoms with van der Waals surface area (Å²) in [5.74, 6) is -1.74. The highest BCUT2D eigenvalue weighted by Gasteiger charge is 2.23. The summed E-state index contributed by atoms with van der Waals surface area (Å²) in [6.07, 6.45) is 1.39. The van der Waals surface area contributed by atoms with E-state index in [-0.39, 0.29) is 24.7 Å². The van der Waals surface area contributed by atoms with Crippen LogP contribution in [0.15, 0.2) is 71.3 Å². The van der Waals surface area contributed by atoms with Gasteiger partial charge < -0.3 is 24.7 Å². The van der Waals surface area contributed by atoms with E-state index in [0.717, 1.165) is 11.1 Å². The van der Waals surface area contributed by atoms with Crippen LogP contribution in [0, 0.1) is 0 Å². The zero-order valence-corrected chi connectivity index (χ0v) is 14.9. The van der Waals surface area contributed by atoms with Crippen molar-refractivity contribution in [3.8, 4) is 16.9 Å². The monoisotopic (exact) mass is 381 g/mol. The number of phenols is 1. The van der Waals surface area contributed by atoms with Gasteiger partial charge in [0, 0.05) is 5.56 Å². The van der Waals surface area contributed by atoms with Gasteiger partial charge in [0.25, 0.3) is 5.91 Å². The number of carboxylic acid groups (broad SMARTS) is 1. The van der Waals surface area contributed by atoms with Crippen molar-refractivity contribution in [1.82, 2.24) is 5.32 Å². The van der Waals surface area contributed by atoms with Gasteiger partial charge in [-0.1, -0.05) is 42.5 Å². The van der Waals surface area contributed by atoms with Crippen LogP contribution in [0.25, 0.3) is 11.1 Å². The van der Waals surface area contributed by atoms with Crippen molar-refractivity contribution in [2.75, 3.05) is 6.61 Å². The third-order valence-electron chi connectivity index (χ3n) is 4.02. The van der Waals surface area contributed by atoms with E-state index < -0.39 is 17.9 Å². The predicted molar refractivity (Wildman–Crippen MR) is 101 cm³/mol. The first-order valence-electron chi connectivity index (χ1n) is 8.56. The summed E-state index contributed by atoms with van der Waals surface area (Å²) in [5, 5.41) is 21.1. The summed E-state index contributed by atoms with van der Waals surface area (Å²) in [6.45, 7) is 0.0632. The predicted octanol–water partition coefficient (Wildman–Crippen LogP) is 3.05. The molecule has 7 heteroatoms. The van der Waals surface area contributed by atoms with Crippen molar-refractivity contribution in [3.63, 3.8) is 0 Å². The molecular weight excluding hydrogens is 362 g/mol. The van der Waals surface area contributed by atoms with Crippen LogP contribution in [-0.2, 0) is 16.1 Å². The molecule has 0 aliphatic carbocycles. The van der Waals surface area contributed by atoms with Gasteiger partial charge in [-0.15, -0.1) is 0 Å². The largest absolute Gasteiger partial charge is 0.508 e. The zero-order valence-electron chi connectivity index (χ0n) is 14.9. The lowest BCUT2D eigenvalue weighted by molar-refractivity contribution is -0.141. The summed E-state index contributed by atoms with van der Waals surface area (Å²) in [6, 6.07) is 16.0. The Morgan fingerprint density at radius 1 is 1.04 bits per heavy atom. The summed E-state index contributed by atoms with van der Waals surface area (Å²) in [4.78, 5) is 23.7. The van der Waals surface area contributed by atoms with E-state index in [1.165, 1.54) is 24.5 Å². The van der Waals surface area contributed by atoms with Crippen molar-refractivity contribution in [1.29, 1.82) is 0 Å². The molecule has 0 saturated carbocycles. The standard InChI is InChI=1S/C21H19NO6/c23-17-8-6-15(7-9-17)16-10-19(28-12-16)20(24)22-18(21(25)26)13-27-11-14-4-2-1-3-5-14/h1-10,12,18,23H,11,13H2,(H,22,24)(H,25,26). The highest BCUT2D eigenvalue weighted by molar-refractivity contribution is 5.95. The average molecular weight is 381 g/mol. The first-order chi connectivity index (χ1) is 13.5. The number of nitrogens with one attached hydrogen (secondary N) is 1. The summed E-state index contributed by atoms with van der Waals surface area (Å²) >= 11 is 0. The van der Waals surface area contributed by atoms with E-state index in [0.29, 0.717) is 5.56 Å². The van der Waals surface area contributed by atoms with Gasteiger partial charge in [-0.25, -0.2) is 4.79 Å². The van der Waals surface area contributed by atoms with Gasteiger partial charge in [-0.3, -0.25) is 4.79 Å². The van der Waals surface area contributed by atoms with Crippen molar-refractivity contribution in [2.45, 2.75) is 12.6 Å². The molecule has 2 aromatic carbocycles. The number of benzene rings is 2. The molecule has 1 heterocycles. The number of furan rings is 1. The van der Waals surface area contributed by atoms with E-state index in [9.17, 15) is 19.8 Å². The summed E-state index contributed by atoms with van der Waals surface area (Å²) < 4.78 is 10.7. The molecule has 7 nitrogen and oxygen atoms in total. The molecule has 28 heavy (non-hydrogen) atoms. The normalized spacial score (nSPS) is 11.7. The second-order valence-electron chi connectivity index (χ2n) is 6.11.